The molecule has 6 heteroatoms. The van der Waals surface area contributed by atoms with E-state index in [1.54, 1.807) is 17.4 Å². The summed E-state index contributed by atoms with van der Waals surface area (Å²) in [6.45, 7) is 2.87. The minimum absolute atomic E-state index is 0.00567. The zero-order valence-electron chi connectivity index (χ0n) is 15.4. The summed E-state index contributed by atoms with van der Waals surface area (Å²) >= 11 is 1.78. The zero-order valence-corrected chi connectivity index (χ0v) is 16.3. The lowest BCUT2D eigenvalue weighted by Gasteiger charge is -2.35. The average Bonchev–Trinajstić information content (AvgIpc) is 3.43. The summed E-state index contributed by atoms with van der Waals surface area (Å²) in [5.74, 6) is 0.821. The number of amides is 2. The van der Waals surface area contributed by atoms with Crippen LogP contribution in [0, 0.1) is 5.92 Å². The van der Waals surface area contributed by atoms with Gasteiger partial charge in [-0.05, 0) is 54.8 Å². The van der Waals surface area contributed by atoms with Crippen LogP contribution in [0.3, 0.4) is 0 Å². The van der Waals surface area contributed by atoms with Gasteiger partial charge in [0, 0.05) is 29.1 Å². The Bertz CT molecular complexity index is 843. The van der Waals surface area contributed by atoms with E-state index < -0.39 is 0 Å². The van der Waals surface area contributed by atoms with Crippen molar-refractivity contribution in [1.29, 1.82) is 0 Å². The predicted molar refractivity (Wildman–Crippen MR) is 106 cm³/mol. The van der Waals surface area contributed by atoms with Gasteiger partial charge in [0.1, 0.15) is 5.75 Å². The van der Waals surface area contributed by atoms with Crippen molar-refractivity contribution >= 4 is 28.8 Å². The zero-order chi connectivity index (χ0) is 18.8. The van der Waals surface area contributed by atoms with Gasteiger partial charge in [-0.3, -0.25) is 9.59 Å². The van der Waals surface area contributed by atoms with E-state index in [-0.39, 0.29) is 30.4 Å². The van der Waals surface area contributed by atoms with Crippen LogP contribution in [-0.4, -0.2) is 29.9 Å². The number of rotatable bonds is 6. The summed E-state index contributed by atoms with van der Waals surface area (Å²) in [7, 11) is 0. The van der Waals surface area contributed by atoms with Gasteiger partial charge in [-0.2, -0.15) is 0 Å². The van der Waals surface area contributed by atoms with Crippen molar-refractivity contribution in [2.24, 2.45) is 5.92 Å². The molecule has 1 atom stereocenters. The Hall–Kier alpha value is -2.34. The Morgan fingerprint density at radius 3 is 2.93 bits per heavy atom. The second-order valence-electron chi connectivity index (χ2n) is 7.14. The molecule has 0 spiro atoms. The van der Waals surface area contributed by atoms with Gasteiger partial charge < -0.3 is 15.0 Å². The van der Waals surface area contributed by atoms with E-state index >= 15 is 0 Å². The summed E-state index contributed by atoms with van der Waals surface area (Å²) in [4.78, 5) is 28.0. The number of hydrogen-bond donors (Lipinski definition) is 1. The molecule has 0 radical (unpaired) electrons. The van der Waals surface area contributed by atoms with Gasteiger partial charge in [0.05, 0.1) is 6.04 Å². The van der Waals surface area contributed by atoms with Crippen LogP contribution in [0.1, 0.15) is 42.7 Å². The lowest BCUT2D eigenvalue weighted by molar-refractivity contribution is -0.136. The number of anilines is 1. The van der Waals surface area contributed by atoms with Crippen LogP contribution < -0.4 is 10.1 Å². The van der Waals surface area contributed by atoms with Crippen molar-refractivity contribution in [1.82, 2.24) is 4.90 Å². The lowest BCUT2D eigenvalue weighted by Crippen LogP contribution is -2.41. The van der Waals surface area contributed by atoms with Gasteiger partial charge in [0.15, 0.2) is 6.61 Å². The summed E-state index contributed by atoms with van der Waals surface area (Å²) < 4.78 is 5.74. The standard InChI is InChI=1S/C21H24N2O3S/c1-2-18-17-9-11-27-19(17)8-10-23(18)20(24)13-26-16-5-3-4-15(12-16)22-21(25)14-6-7-14/h3-5,9,11-12,14,18H,2,6-8,10,13H2,1H3,(H,22,25). The Labute approximate surface area is 163 Å². The number of carbonyl (C=O) groups is 2. The van der Waals surface area contributed by atoms with Crippen LogP contribution in [0.5, 0.6) is 5.75 Å². The monoisotopic (exact) mass is 384 g/mol. The van der Waals surface area contributed by atoms with E-state index in [1.165, 1.54) is 10.4 Å². The molecule has 2 amide bonds. The lowest BCUT2D eigenvalue weighted by atomic mass is 9.98. The average molecular weight is 385 g/mol. The number of ether oxygens (including phenoxy) is 1. The van der Waals surface area contributed by atoms with E-state index in [9.17, 15) is 9.59 Å². The first-order valence-electron chi connectivity index (χ1n) is 9.55. The van der Waals surface area contributed by atoms with Crippen LogP contribution in [0.2, 0.25) is 0 Å². The van der Waals surface area contributed by atoms with Crippen LogP contribution >= 0.6 is 11.3 Å². The first-order valence-corrected chi connectivity index (χ1v) is 10.4. The second-order valence-corrected chi connectivity index (χ2v) is 8.14. The molecule has 1 unspecified atom stereocenters. The SMILES string of the molecule is CCC1c2ccsc2CCN1C(=O)COc1cccc(NC(=O)C2CC2)c1. The maximum absolute atomic E-state index is 12.8. The number of thiophene rings is 1. The first kappa shape index (κ1) is 18.0. The summed E-state index contributed by atoms with van der Waals surface area (Å²) in [6.07, 6.45) is 3.75. The molecule has 1 N–H and O–H groups in total. The van der Waals surface area contributed by atoms with Gasteiger partial charge in [-0.1, -0.05) is 13.0 Å². The van der Waals surface area contributed by atoms with Crippen molar-refractivity contribution in [3.8, 4) is 5.75 Å². The van der Waals surface area contributed by atoms with Crippen LogP contribution in [0.15, 0.2) is 35.7 Å². The van der Waals surface area contributed by atoms with Gasteiger partial charge in [0.2, 0.25) is 5.91 Å². The Morgan fingerprint density at radius 1 is 1.30 bits per heavy atom. The fourth-order valence-electron chi connectivity index (χ4n) is 3.62. The molecule has 0 saturated heterocycles. The van der Waals surface area contributed by atoms with E-state index in [1.807, 2.05) is 23.1 Å². The maximum Gasteiger partial charge on any atom is 0.261 e. The molecule has 142 valence electrons. The minimum Gasteiger partial charge on any atom is -0.484 e. The molecule has 4 rings (SSSR count). The van der Waals surface area contributed by atoms with E-state index in [0.717, 1.165) is 32.2 Å². The fraction of sp³-hybridized carbons (Fsp3) is 0.429. The van der Waals surface area contributed by atoms with Crippen molar-refractivity contribution in [3.05, 3.63) is 46.2 Å². The van der Waals surface area contributed by atoms with Crippen LogP contribution in [0.4, 0.5) is 5.69 Å². The highest BCUT2D eigenvalue weighted by Gasteiger charge is 2.31. The third-order valence-corrected chi connectivity index (χ3v) is 6.21. The number of hydrogen-bond acceptors (Lipinski definition) is 4. The summed E-state index contributed by atoms with van der Waals surface area (Å²) in [5, 5.41) is 5.02. The Balaban J connectivity index is 1.37. The quantitative estimate of drug-likeness (QED) is 0.819. The summed E-state index contributed by atoms with van der Waals surface area (Å²) in [5.41, 5.74) is 2.00. The minimum atomic E-state index is 0.00567. The van der Waals surface area contributed by atoms with Crippen molar-refractivity contribution in [2.75, 3.05) is 18.5 Å². The summed E-state index contributed by atoms with van der Waals surface area (Å²) in [6, 6.07) is 9.53. The highest BCUT2D eigenvalue weighted by Crippen LogP contribution is 2.35. The molecule has 5 nitrogen and oxygen atoms in total. The number of nitrogens with zero attached hydrogens (tertiary/aromatic N) is 1. The highest BCUT2D eigenvalue weighted by atomic mass is 32.1. The van der Waals surface area contributed by atoms with Crippen molar-refractivity contribution in [3.63, 3.8) is 0 Å². The van der Waals surface area contributed by atoms with Gasteiger partial charge >= 0.3 is 0 Å². The van der Waals surface area contributed by atoms with E-state index in [4.69, 9.17) is 4.74 Å². The van der Waals surface area contributed by atoms with Gasteiger partial charge in [-0.25, -0.2) is 0 Å². The number of nitrogens with one attached hydrogen (secondary N) is 1. The number of benzene rings is 1. The topological polar surface area (TPSA) is 58.6 Å². The normalized spacial score (nSPS) is 18.7. The van der Waals surface area contributed by atoms with Crippen molar-refractivity contribution in [2.45, 2.75) is 38.6 Å². The molecule has 0 bridgehead atoms. The van der Waals surface area contributed by atoms with Crippen molar-refractivity contribution < 1.29 is 14.3 Å². The molecule has 2 heterocycles. The number of carbonyl (C=O) groups excluding carboxylic acids is 2. The Kier molecular flexibility index (Phi) is 5.16. The van der Waals surface area contributed by atoms with E-state index in [0.29, 0.717) is 11.4 Å². The molecule has 1 fully saturated rings. The maximum atomic E-state index is 12.8. The molecule has 2 aromatic rings. The Morgan fingerprint density at radius 2 is 2.15 bits per heavy atom. The number of fused-ring (bicyclic) bond motifs is 1. The van der Waals surface area contributed by atoms with E-state index in [2.05, 4.69) is 23.7 Å². The molecule has 1 aromatic carbocycles. The molecular weight excluding hydrogens is 360 g/mol. The third kappa shape index (κ3) is 4.00. The van der Waals surface area contributed by atoms with Crippen LogP contribution in [0.25, 0.3) is 0 Å². The molecule has 27 heavy (non-hydrogen) atoms. The molecule has 1 aromatic heterocycles. The second kappa shape index (κ2) is 7.72. The van der Waals surface area contributed by atoms with Gasteiger partial charge in [-0.15, -0.1) is 11.3 Å². The van der Waals surface area contributed by atoms with Crippen LogP contribution in [-0.2, 0) is 16.0 Å². The highest BCUT2D eigenvalue weighted by molar-refractivity contribution is 7.10. The first-order chi connectivity index (χ1) is 13.2. The molecular formula is C21H24N2O3S. The molecule has 1 aliphatic carbocycles. The van der Waals surface area contributed by atoms with Gasteiger partial charge in [0.25, 0.3) is 5.91 Å². The smallest absolute Gasteiger partial charge is 0.261 e. The largest absolute Gasteiger partial charge is 0.484 e. The molecule has 1 aliphatic heterocycles. The fourth-order valence-corrected chi connectivity index (χ4v) is 4.54. The molecule has 1 saturated carbocycles. The predicted octanol–water partition coefficient (Wildman–Crippen LogP) is 4.01. The molecule has 2 aliphatic rings. The third-order valence-electron chi connectivity index (χ3n) is 5.21.